The number of amides is 1. The van der Waals surface area contributed by atoms with Gasteiger partial charge < -0.3 is 10.3 Å². The summed E-state index contributed by atoms with van der Waals surface area (Å²) in [6.45, 7) is 7.49. The molecule has 0 fully saturated rings. The number of aryl methyl sites for hydroxylation is 3. The maximum atomic E-state index is 13.2. The van der Waals surface area contributed by atoms with Gasteiger partial charge in [-0.05, 0) is 43.5 Å². The standard InChI is InChI=1S/C23H25N3O2/c1-14-6-4-5-7-18(14)24-20(27)13-26-11-10-19-17(12-26)23(28)21-15(2)8-9-16(3)22(21)25-19/h4-9H,10-13H2,1-3H3,(H,24,27)(H,25,28). The van der Waals surface area contributed by atoms with Gasteiger partial charge in [-0.2, -0.15) is 0 Å². The number of para-hydroxylation sites is 1. The first-order chi connectivity index (χ1) is 13.4. The van der Waals surface area contributed by atoms with Crippen molar-refractivity contribution >= 4 is 22.5 Å². The van der Waals surface area contributed by atoms with Gasteiger partial charge in [-0.15, -0.1) is 0 Å². The number of benzene rings is 2. The van der Waals surface area contributed by atoms with Gasteiger partial charge in [0.25, 0.3) is 0 Å². The number of hydrogen-bond acceptors (Lipinski definition) is 3. The maximum Gasteiger partial charge on any atom is 0.238 e. The van der Waals surface area contributed by atoms with Crippen molar-refractivity contribution in [2.75, 3.05) is 18.4 Å². The predicted molar refractivity (Wildman–Crippen MR) is 113 cm³/mol. The van der Waals surface area contributed by atoms with E-state index in [-0.39, 0.29) is 17.9 Å². The van der Waals surface area contributed by atoms with Crippen molar-refractivity contribution in [3.8, 4) is 0 Å². The number of pyridine rings is 1. The number of carbonyl (C=O) groups excluding carboxylic acids is 1. The maximum absolute atomic E-state index is 13.2. The molecule has 1 aromatic heterocycles. The number of fused-ring (bicyclic) bond motifs is 2. The Kier molecular flexibility index (Phi) is 4.77. The lowest BCUT2D eigenvalue weighted by atomic mass is 9.98. The van der Waals surface area contributed by atoms with E-state index >= 15 is 0 Å². The summed E-state index contributed by atoms with van der Waals surface area (Å²) in [5, 5.41) is 3.74. The minimum Gasteiger partial charge on any atom is -0.358 e. The minimum absolute atomic E-state index is 0.0537. The van der Waals surface area contributed by atoms with Gasteiger partial charge in [-0.3, -0.25) is 14.5 Å². The highest BCUT2D eigenvalue weighted by Crippen LogP contribution is 2.23. The summed E-state index contributed by atoms with van der Waals surface area (Å²) in [5.74, 6) is -0.0537. The van der Waals surface area contributed by atoms with Gasteiger partial charge in [0.15, 0.2) is 5.43 Å². The zero-order chi connectivity index (χ0) is 19.8. The van der Waals surface area contributed by atoms with Crippen LogP contribution in [0.3, 0.4) is 0 Å². The number of carbonyl (C=O) groups is 1. The number of aromatic nitrogens is 1. The molecule has 0 radical (unpaired) electrons. The van der Waals surface area contributed by atoms with E-state index in [0.29, 0.717) is 6.54 Å². The normalized spacial score (nSPS) is 14.1. The molecule has 1 amide bonds. The summed E-state index contributed by atoms with van der Waals surface area (Å²) in [6.07, 6.45) is 0.742. The Morgan fingerprint density at radius 1 is 1.07 bits per heavy atom. The topological polar surface area (TPSA) is 65.2 Å². The monoisotopic (exact) mass is 375 g/mol. The van der Waals surface area contributed by atoms with Crippen molar-refractivity contribution in [3.63, 3.8) is 0 Å². The van der Waals surface area contributed by atoms with E-state index in [2.05, 4.69) is 10.3 Å². The Bertz CT molecular complexity index is 1130. The SMILES string of the molecule is Cc1ccccc1NC(=O)CN1CCc2[nH]c3c(C)ccc(C)c3c(=O)c2C1. The van der Waals surface area contributed by atoms with Crippen molar-refractivity contribution in [2.24, 2.45) is 0 Å². The van der Waals surface area contributed by atoms with Crippen LogP contribution >= 0.6 is 0 Å². The molecule has 2 heterocycles. The second-order valence-electron chi connectivity index (χ2n) is 7.68. The lowest BCUT2D eigenvalue weighted by Crippen LogP contribution is -2.39. The molecule has 3 aromatic rings. The van der Waals surface area contributed by atoms with E-state index in [4.69, 9.17) is 0 Å². The van der Waals surface area contributed by atoms with Crippen molar-refractivity contribution in [2.45, 2.75) is 33.7 Å². The number of rotatable bonds is 3. The lowest BCUT2D eigenvalue weighted by Gasteiger charge is -2.28. The van der Waals surface area contributed by atoms with Crippen LogP contribution in [0, 0.1) is 20.8 Å². The van der Waals surface area contributed by atoms with E-state index in [1.54, 1.807) is 0 Å². The van der Waals surface area contributed by atoms with Crippen LogP contribution in [-0.4, -0.2) is 28.9 Å². The first kappa shape index (κ1) is 18.4. The van der Waals surface area contributed by atoms with Crippen LogP contribution in [-0.2, 0) is 17.8 Å². The molecule has 1 aliphatic rings. The molecule has 5 heteroatoms. The highest BCUT2D eigenvalue weighted by Gasteiger charge is 2.23. The molecule has 0 spiro atoms. The van der Waals surface area contributed by atoms with Gasteiger partial charge in [0, 0.05) is 41.8 Å². The van der Waals surface area contributed by atoms with E-state index in [1.165, 1.54) is 0 Å². The number of nitrogens with one attached hydrogen (secondary N) is 2. The summed E-state index contributed by atoms with van der Waals surface area (Å²) in [4.78, 5) is 31.2. The molecule has 0 saturated carbocycles. The first-order valence-corrected chi connectivity index (χ1v) is 9.66. The van der Waals surface area contributed by atoms with Crippen LogP contribution in [0.15, 0.2) is 41.2 Å². The van der Waals surface area contributed by atoms with E-state index < -0.39 is 0 Å². The second kappa shape index (κ2) is 7.24. The molecule has 28 heavy (non-hydrogen) atoms. The van der Waals surface area contributed by atoms with Gasteiger partial charge in [-0.25, -0.2) is 0 Å². The van der Waals surface area contributed by atoms with Crippen LogP contribution in [0.5, 0.6) is 0 Å². The van der Waals surface area contributed by atoms with E-state index in [9.17, 15) is 9.59 Å². The minimum atomic E-state index is -0.0537. The van der Waals surface area contributed by atoms with Crippen molar-refractivity contribution < 1.29 is 4.79 Å². The number of H-pyrrole nitrogens is 1. The number of nitrogens with zero attached hydrogens (tertiary/aromatic N) is 1. The molecule has 1 aliphatic heterocycles. The molecule has 4 rings (SSSR count). The lowest BCUT2D eigenvalue weighted by molar-refractivity contribution is -0.117. The number of hydrogen-bond donors (Lipinski definition) is 2. The van der Waals surface area contributed by atoms with Crippen LogP contribution < -0.4 is 10.7 Å². The zero-order valence-electron chi connectivity index (χ0n) is 16.6. The third-order valence-corrected chi connectivity index (χ3v) is 5.61. The Labute approximate surface area is 164 Å². The Hall–Kier alpha value is -2.92. The zero-order valence-corrected chi connectivity index (χ0v) is 16.6. The average molecular weight is 375 g/mol. The third-order valence-electron chi connectivity index (χ3n) is 5.61. The number of anilines is 1. The molecule has 0 aliphatic carbocycles. The summed E-state index contributed by atoms with van der Waals surface area (Å²) in [6, 6.07) is 11.8. The summed E-state index contributed by atoms with van der Waals surface area (Å²) < 4.78 is 0. The van der Waals surface area contributed by atoms with Gasteiger partial charge >= 0.3 is 0 Å². The smallest absolute Gasteiger partial charge is 0.238 e. The fourth-order valence-electron chi connectivity index (χ4n) is 3.97. The predicted octanol–water partition coefficient (Wildman–Crippen LogP) is 3.45. The van der Waals surface area contributed by atoms with Gasteiger partial charge in [0.05, 0.1) is 12.1 Å². The highest BCUT2D eigenvalue weighted by molar-refractivity contribution is 5.93. The van der Waals surface area contributed by atoms with Crippen LogP contribution in [0.1, 0.15) is 27.9 Å². The molecular weight excluding hydrogens is 350 g/mol. The third kappa shape index (κ3) is 3.34. The molecule has 144 valence electrons. The molecular formula is C23H25N3O2. The van der Waals surface area contributed by atoms with Crippen molar-refractivity contribution in [3.05, 3.63) is 74.6 Å². The van der Waals surface area contributed by atoms with Gasteiger partial charge in [0.2, 0.25) is 5.91 Å². The number of aromatic amines is 1. The van der Waals surface area contributed by atoms with Gasteiger partial charge in [-0.1, -0.05) is 30.3 Å². The fourth-order valence-corrected chi connectivity index (χ4v) is 3.97. The van der Waals surface area contributed by atoms with E-state index in [0.717, 1.165) is 57.5 Å². The van der Waals surface area contributed by atoms with Crippen LogP contribution in [0.4, 0.5) is 5.69 Å². The first-order valence-electron chi connectivity index (χ1n) is 9.66. The fraction of sp³-hybridized carbons (Fsp3) is 0.304. The largest absolute Gasteiger partial charge is 0.358 e. The Morgan fingerprint density at radius 2 is 1.82 bits per heavy atom. The highest BCUT2D eigenvalue weighted by atomic mass is 16.2. The molecule has 2 aromatic carbocycles. The Morgan fingerprint density at radius 3 is 2.61 bits per heavy atom. The quantitative estimate of drug-likeness (QED) is 0.737. The van der Waals surface area contributed by atoms with E-state index in [1.807, 2.05) is 62.1 Å². The van der Waals surface area contributed by atoms with Crippen LogP contribution in [0.2, 0.25) is 0 Å². The molecule has 0 saturated heterocycles. The molecule has 0 bridgehead atoms. The summed E-state index contributed by atoms with van der Waals surface area (Å²) in [5.41, 5.74) is 6.76. The van der Waals surface area contributed by atoms with Crippen LogP contribution in [0.25, 0.3) is 10.9 Å². The summed E-state index contributed by atoms with van der Waals surface area (Å²) in [7, 11) is 0. The molecule has 0 atom stereocenters. The Balaban J connectivity index is 1.57. The van der Waals surface area contributed by atoms with Crippen molar-refractivity contribution in [1.82, 2.24) is 9.88 Å². The second-order valence-corrected chi connectivity index (χ2v) is 7.68. The molecule has 5 nitrogen and oxygen atoms in total. The van der Waals surface area contributed by atoms with Gasteiger partial charge in [0.1, 0.15) is 0 Å². The average Bonchev–Trinajstić information content (AvgIpc) is 2.67. The molecule has 2 N–H and O–H groups in total. The van der Waals surface area contributed by atoms with Crippen molar-refractivity contribution in [1.29, 1.82) is 0 Å². The molecule has 0 unspecified atom stereocenters. The summed E-state index contributed by atoms with van der Waals surface area (Å²) >= 11 is 0.